The van der Waals surface area contributed by atoms with Gasteiger partial charge in [0.2, 0.25) is 13.6 Å². The summed E-state index contributed by atoms with van der Waals surface area (Å²) in [7, 11) is 0. The van der Waals surface area contributed by atoms with Gasteiger partial charge in [0.25, 0.3) is 6.71 Å². The van der Waals surface area contributed by atoms with Gasteiger partial charge in [0, 0.05) is 56.8 Å². The molecule has 7 aromatic carbocycles. The Morgan fingerprint density at radius 1 is 0.448 bits per heavy atom. The van der Waals surface area contributed by atoms with Gasteiger partial charge in [-0.1, -0.05) is 60.7 Å². The Kier molecular flexibility index (Phi) is 6.42. The predicted molar refractivity (Wildman–Crippen MR) is 228 cm³/mol. The molecule has 0 atom stereocenters. The van der Waals surface area contributed by atoms with Crippen molar-refractivity contribution in [2.24, 2.45) is 0 Å². The van der Waals surface area contributed by atoms with E-state index in [9.17, 15) is 0 Å². The van der Waals surface area contributed by atoms with E-state index in [0.717, 1.165) is 107 Å². The van der Waals surface area contributed by atoms with E-state index >= 15 is 0 Å². The Morgan fingerprint density at radius 2 is 0.931 bits per heavy atom. The van der Waals surface area contributed by atoms with Crippen molar-refractivity contribution in [1.29, 1.82) is 0 Å². The third kappa shape index (κ3) is 4.58. The number of hydrogen-bond donors (Lipinski definition) is 0. The second-order valence-electron chi connectivity index (χ2n) is 15.2. The van der Waals surface area contributed by atoms with E-state index in [2.05, 4.69) is 114 Å². The first-order valence-electron chi connectivity index (χ1n) is 19.4. The topological polar surface area (TPSA) is 69.7 Å². The maximum atomic E-state index is 6.46. The number of furan rings is 2. The number of hydrogen-bond acceptors (Lipinski definition) is 8. The van der Waals surface area contributed by atoms with E-state index < -0.39 is 0 Å². The van der Waals surface area contributed by atoms with Crippen LogP contribution in [0.2, 0.25) is 0 Å². The van der Waals surface area contributed by atoms with Crippen molar-refractivity contribution in [3.63, 3.8) is 0 Å². The maximum Gasteiger partial charge on any atom is 0.252 e. The number of para-hydroxylation sites is 2. The number of fused-ring (bicyclic) bond motifs is 8. The second kappa shape index (κ2) is 11.8. The van der Waals surface area contributed by atoms with Gasteiger partial charge in [-0.3, -0.25) is 0 Å². The molecule has 8 nitrogen and oxygen atoms in total. The van der Waals surface area contributed by atoms with Crippen LogP contribution in [0.4, 0.5) is 34.1 Å². The summed E-state index contributed by atoms with van der Waals surface area (Å²) < 4.78 is 36.4. The van der Waals surface area contributed by atoms with Crippen LogP contribution in [-0.2, 0) is 0 Å². The fourth-order valence-electron chi connectivity index (χ4n) is 9.29. The van der Waals surface area contributed by atoms with Crippen molar-refractivity contribution in [2.75, 3.05) is 23.4 Å². The highest BCUT2D eigenvalue weighted by molar-refractivity contribution is 7.00. The summed E-state index contributed by atoms with van der Waals surface area (Å²) in [4.78, 5) is 4.74. The molecule has 0 radical (unpaired) electrons. The first kappa shape index (κ1) is 31.7. The highest BCUT2D eigenvalue weighted by atomic mass is 16.7. The third-order valence-corrected chi connectivity index (χ3v) is 11.9. The van der Waals surface area contributed by atoms with Crippen LogP contribution in [0.15, 0.2) is 154 Å². The molecule has 0 saturated carbocycles. The van der Waals surface area contributed by atoms with E-state index in [1.54, 1.807) is 0 Å². The minimum atomic E-state index is -0.0967. The number of anilines is 6. The Bertz CT molecular complexity index is 2930. The summed E-state index contributed by atoms with van der Waals surface area (Å²) in [5.74, 6) is 4.56. The van der Waals surface area contributed by atoms with Crippen molar-refractivity contribution < 1.29 is 27.8 Å². The van der Waals surface area contributed by atoms with Crippen molar-refractivity contribution in [3.05, 3.63) is 151 Å². The smallest absolute Gasteiger partial charge is 0.252 e. The SMILES string of the molecule is Cc1cc2c3c(c1)N(c1ccc4c(c1)OCO4)c1cc(-c4cc5ccccc5o4)ccc1B3c1ccc(-c3cc4ccccc4o3)cc1N2c1ccc2c(c1)OCO2. The minimum absolute atomic E-state index is 0.0967. The Hall–Kier alpha value is -7.52. The molecule has 13 rings (SSSR count). The van der Waals surface area contributed by atoms with Crippen LogP contribution in [0, 0.1) is 6.92 Å². The quantitative estimate of drug-likeness (QED) is 0.165. The van der Waals surface area contributed by atoms with Crippen LogP contribution in [0.5, 0.6) is 23.0 Å². The number of benzene rings is 7. The fourth-order valence-corrected chi connectivity index (χ4v) is 9.29. The standard InChI is InChI=1S/C49H31BN2O6/c1-28-18-39-49-40(19-28)52(34-13-17-44-48(25-34)56-27-54-44)38-21-32(46-23-30-7-3-5-9-42(30)58-46)11-15-36(38)50(49)35-14-10-31(45-22-29-6-2-4-8-41(29)57-45)20-37(35)51(39)33-12-16-43-47(24-33)55-26-53-43/h2-25H,26-27H2,1H3. The summed E-state index contributed by atoms with van der Waals surface area (Å²) >= 11 is 0. The zero-order valence-electron chi connectivity index (χ0n) is 31.2. The zero-order chi connectivity index (χ0) is 38.1. The van der Waals surface area contributed by atoms with E-state index in [4.69, 9.17) is 27.8 Å². The fraction of sp³-hybridized carbons (Fsp3) is 0.0612. The third-order valence-electron chi connectivity index (χ3n) is 11.9. The van der Waals surface area contributed by atoms with Gasteiger partial charge in [0.1, 0.15) is 22.7 Å². The molecule has 9 aromatic rings. The molecular weight excluding hydrogens is 723 g/mol. The average Bonchev–Trinajstić information content (AvgIpc) is 4.08. The molecule has 58 heavy (non-hydrogen) atoms. The summed E-state index contributed by atoms with van der Waals surface area (Å²) in [6, 6.07) is 51.1. The maximum absolute atomic E-state index is 6.46. The van der Waals surface area contributed by atoms with Crippen LogP contribution in [0.25, 0.3) is 44.6 Å². The summed E-state index contributed by atoms with van der Waals surface area (Å²) in [5, 5.41) is 2.14. The Balaban J connectivity index is 1.08. The van der Waals surface area contributed by atoms with E-state index in [0.29, 0.717) is 0 Å². The molecule has 0 unspecified atom stereocenters. The van der Waals surface area contributed by atoms with Crippen LogP contribution >= 0.6 is 0 Å². The normalized spacial score (nSPS) is 14.3. The lowest BCUT2D eigenvalue weighted by Crippen LogP contribution is -2.61. The first-order valence-corrected chi connectivity index (χ1v) is 19.4. The first-order chi connectivity index (χ1) is 28.6. The monoisotopic (exact) mass is 754 g/mol. The Morgan fingerprint density at radius 3 is 1.43 bits per heavy atom. The number of aryl methyl sites for hydroxylation is 1. The van der Waals surface area contributed by atoms with Crippen LogP contribution < -0.4 is 45.1 Å². The molecule has 0 saturated heterocycles. The van der Waals surface area contributed by atoms with Crippen LogP contribution in [-0.4, -0.2) is 20.3 Å². The average molecular weight is 755 g/mol. The summed E-state index contributed by atoms with van der Waals surface area (Å²) in [5.41, 5.74) is 14.6. The van der Waals surface area contributed by atoms with Gasteiger partial charge < -0.3 is 37.6 Å². The van der Waals surface area contributed by atoms with Crippen LogP contribution in [0.3, 0.4) is 0 Å². The molecule has 9 heteroatoms. The summed E-state index contributed by atoms with van der Waals surface area (Å²) in [6.07, 6.45) is 0. The molecular formula is C49H31BN2O6. The van der Waals surface area contributed by atoms with Gasteiger partial charge in [0.05, 0.1) is 11.4 Å². The Labute approximate surface area is 333 Å². The lowest BCUT2D eigenvalue weighted by atomic mass is 9.33. The molecule has 0 N–H and O–H groups in total. The molecule has 0 amide bonds. The highest BCUT2D eigenvalue weighted by Crippen LogP contribution is 2.49. The molecule has 0 aliphatic carbocycles. The van der Waals surface area contributed by atoms with Gasteiger partial charge in [0.15, 0.2) is 23.0 Å². The number of nitrogens with zero attached hydrogens (tertiary/aromatic N) is 2. The van der Waals surface area contributed by atoms with Gasteiger partial charge in [-0.2, -0.15) is 0 Å². The summed E-state index contributed by atoms with van der Waals surface area (Å²) in [6.45, 7) is 2.47. The van der Waals surface area contributed by atoms with Crippen LogP contribution in [0.1, 0.15) is 5.56 Å². The molecule has 6 heterocycles. The highest BCUT2D eigenvalue weighted by Gasteiger charge is 2.44. The molecule has 276 valence electrons. The lowest BCUT2D eigenvalue weighted by molar-refractivity contribution is 0.173. The largest absolute Gasteiger partial charge is 0.456 e. The molecule has 0 bridgehead atoms. The molecule has 2 aromatic heterocycles. The van der Waals surface area contributed by atoms with Gasteiger partial charge in [-0.25, -0.2) is 0 Å². The number of ether oxygens (including phenoxy) is 4. The van der Waals surface area contributed by atoms with Gasteiger partial charge in [-0.05, 0) is 102 Å². The van der Waals surface area contributed by atoms with E-state index in [1.807, 2.05) is 48.5 Å². The predicted octanol–water partition coefficient (Wildman–Crippen LogP) is 10.4. The lowest BCUT2D eigenvalue weighted by Gasteiger charge is -2.44. The van der Waals surface area contributed by atoms with Gasteiger partial charge in [-0.15, -0.1) is 0 Å². The molecule has 0 fully saturated rings. The number of rotatable bonds is 4. The molecule has 4 aliphatic rings. The van der Waals surface area contributed by atoms with Crippen molar-refractivity contribution in [2.45, 2.75) is 6.92 Å². The molecule has 0 spiro atoms. The van der Waals surface area contributed by atoms with Crippen molar-refractivity contribution in [3.8, 4) is 45.6 Å². The second-order valence-corrected chi connectivity index (χ2v) is 15.2. The minimum Gasteiger partial charge on any atom is -0.456 e. The van der Waals surface area contributed by atoms with Crippen molar-refractivity contribution >= 4 is 79.2 Å². The van der Waals surface area contributed by atoms with E-state index in [1.165, 1.54) is 16.4 Å². The van der Waals surface area contributed by atoms with Crippen molar-refractivity contribution in [1.82, 2.24) is 0 Å². The van der Waals surface area contributed by atoms with E-state index in [-0.39, 0.29) is 20.3 Å². The zero-order valence-corrected chi connectivity index (χ0v) is 31.2. The van der Waals surface area contributed by atoms with Gasteiger partial charge >= 0.3 is 0 Å². The molecule has 4 aliphatic heterocycles.